The van der Waals surface area contributed by atoms with Crippen LogP contribution in [0.1, 0.15) is 86.8 Å². The van der Waals surface area contributed by atoms with Crippen LogP contribution in [0, 0.1) is 6.92 Å². The van der Waals surface area contributed by atoms with E-state index in [4.69, 9.17) is 58.1 Å². The van der Waals surface area contributed by atoms with Crippen LogP contribution in [-0.4, -0.2) is 142 Å². The van der Waals surface area contributed by atoms with Crippen molar-refractivity contribution in [1.82, 2.24) is 24.9 Å². The largest absolute Gasteiger partial charge is 0.487 e. The van der Waals surface area contributed by atoms with Crippen molar-refractivity contribution >= 4 is 44.4 Å². The van der Waals surface area contributed by atoms with Crippen molar-refractivity contribution in [3.05, 3.63) is 70.6 Å². The van der Waals surface area contributed by atoms with Gasteiger partial charge >= 0.3 is 0 Å². The summed E-state index contributed by atoms with van der Waals surface area (Å²) in [4.78, 5) is 42.8. The number of nitrogens with one attached hydrogen (secondary N) is 1. The minimum atomic E-state index is 0.0605. The molecule has 17 heteroatoms. The van der Waals surface area contributed by atoms with Gasteiger partial charge in [0.1, 0.15) is 26.4 Å². The molecule has 0 saturated carbocycles. The third-order valence-corrected chi connectivity index (χ3v) is 10.8. The minimum absolute atomic E-state index is 0.0605. The van der Waals surface area contributed by atoms with E-state index in [-0.39, 0.29) is 26.4 Å². The molecule has 17 nitrogen and oxygen atoms in total. The molecule has 3 N–H and O–H groups in total. The zero-order valence-corrected chi connectivity index (χ0v) is 38.9. The highest BCUT2D eigenvalue weighted by Gasteiger charge is 2.22. The molecule has 0 aliphatic carbocycles. The monoisotopic (exact) mass is 905 g/mol. The van der Waals surface area contributed by atoms with Gasteiger partial charge in [-0.2, -0.15) is 0 Å². The quantitative estimate of drug-likeness (QED) is 0.0351. The van der Waals surface area contributed by atoms with Crippen LogP contribution >= 0.6 is 0 Å². The van der Waals surface area contributed by atoms with E-state index in [9.17, 15) is 10.2 Å². The fraction of sp³-hybridized carbons (Fsp3) is 0.542. The van der Waals surface area contributed by atoms with Gasteiger partial charge in [0.05, 0.1) is 119 Å². The number of aromatic amines is 1. The smallest absolute Gasteiger partial charge is 0.163 e. The highest BCUT2D eigenvalue weighted by molar-refractivity contribution is 5.95. The number of H-pyrrole nitrogens is 1. The summed E-state index contributed by atoms with van der Waals surface area (Å²) in [5.74, 6) is 0.893. The predicted molar refractivity (Wildman–Crippen MR) is 248 cm³/mol. The summed E-state index contributed by atoms with van der Waals surface area (Å²) < 4.78 is 35.2. The Morgan fingerprint density at radius 2 is 1.00 bits per heavy atom. The van der Waals surface area contributed by atoms with Crippen molar-refractivity contribution in [2.24, 2.45) is 0 Å². The van der Waals surface area contributed by atoms with Crippen LogP contribution in [-0.2, 0) is 44.9 Å². The number of aliphatic hydroxyl groups excluding tert-OH is 2. The molecule has 2 aliphatic heterocycles. The van der Waals surface area contributed by atoms with Gasteiger partial charge in [0.2, 0.25) is 0 Å². The van der Waals surface area contributed by atoms with Crippen molar-refractivity contribution in [2.45, 2.75) is 66.2 Å². The van der Waals surface area contributed by atoms with E-state index in [1.54, 1.807) is 12.4 Å². The van der Waals surface area contributed by atoms with E-state index >= 15 is 0 Å². The molecule has 0 spiro atoms. The van der Waals surface area contributed by atoms with E-state index in [0.29, 0.717) is 120 Å². The lowest BCUT2D eigenvalue weighted by Crippen LogP contribution is -2.14. The number of benzene rings is 1. The van der Waals surface area contributed by atoms with Crippen LogP contribution in [0.2, 0.25) is 0 Å². The molecule has 0 atom stereocenters. The van der Waals surface area contributed by atoms with Crippen molar-refractivity contribution in [2.75, 3.05) is 107 Å². The highest BCUT2D eigenvalue weighted by atomic mass is 17.2. The highest BCUT2D eigenvalue weighted by Crippen LogP contribution is 2.38. The molecular weight excluding hydrogens is 839 g/mol. The molecule has 65 heavy (non-hydrogen) atoms. The standard InChI is InChI=1S/C48H67N5O12/c1-7-35-36(8-2)40-28-42-38(12-10-14-55)34(4)46(53-42)32-50-44-30-48(63-24-20-59-16-18-61-22-26-65-57-6)47(62-23-19-58-15-17-60-21-25-64-56-5)29-43(44)49-31-45-33(3)37(11-9-13-54)41(52-45)27-39(35)51-40/h27-32,52,54-55H,7-26H2,1-6H3. The molecule has 5 rings (SSSR count). The molecular formula is C48H67N5O12. The summed E-state index contributed by atoms with van der Waals surface area (Å²) in [5.41, 5.74) is 12.6. The molecule has 6 bridgehead atoms. The number of ether oxygens (including phenoxy) is 6. The second kappa shape index (κ2) is 28.4. The van der Waals surface area contributed by atoms with Crippen LogP contribution in [0.3, 0.4) is 0 Å². The Morgan fingerprint density at radius 3 is 1.54 bits per heavy atom. The molecule has 0 unspecified atom stereocenters. The average molecular weight is 906 g/mol. The lowest BCUT2D eigenvalue weighted by atomic mass is 9.98. The lowest BCUT2D eigenvalue weighted by Gasteiger charge is -2.14. The Bertz CT molecular complexity index is 2230. The van der Waals surface area contributed by atoms with E-state index < -0.39 is 0 Å². The molecule has 2 aromatic heterocycles. The summed E-state index contributed by atoms with van der Waals surface area (Å²) in [6, 6.07) is 7.82. The lowest BCUT2D eigenvalue weighted by molar-refractivity contribution is -0.277. The molecule has 0 amide bonds. The van der Waals surface area contributed by atoms with E-state index in [0.717, 1.165) is 63.2 Å². The zero-order chi connectivity index (χ0) is 46.2. The third kappa shape index (κ3) is 15.2. The number of nitrogens with zero attached hydrogens (tertiary/aromatic N) is 4. The Morgan fingerprint density at radius 1 is 0.523 bits per heavy atom. The van der Waals surface area contributed by atoms with Crippen molar-refractivity contribution in [3.8, 4) is 11.5 Å². The van der Waals surface area contributed by atoms with Gasteiger partial charge in [-0.25, -0.2) is 29.5 Å². The maximum atomic E-state index is 9.87. The number of aliphatic hydroxyl groups is 2. The van der Waals surface area contributed by atoms with Crippen LogP contribution in [0.4, 0.5) is 0 Å². The third-order valence-electron chi connectivity index (χ3n) is 10.8. The molecule has 356 valence electrons. The van der Waals surface area contributed by atoms with E-state index in [1.807, 2.05) is 19.1 Å². The van der Waals surface area contributed by atoms with E-state index in [1.165, 1.54) is 25.4 Å². The summed E-state index contributed by atoms with van der Waals surface area (Å²) in [7, 11) is 2.90. The average Bonchev–Trinajstić information content (AvgIpc) is 3.91. The van der Waals surface area contributed by atoms with Gasteiger partial charge in [-0.15, -0.1) is 0 Å². The molecule has 2 aliphatic rings. The van der Waals surface area contributed by atoms with Crippen molar-refractivity contribution in [1.29, 1.82) is 0 Å². The van der Waals surface area contributed by atoms with Crippen molar-refractivity contribution < 1.29 is 58.2 Å². The summed E-state index contributed by atoms with van der Waals surface area (Å²) in [5, 5.41) is 19.7. The predicted octanol–water partition coefficient (Wildman–Crippen LogP) is 6.99. The fourth-order valence-corrected chi connectivity index (χ4v) is 7.47. The van der Waals surface area contributed by atoms with Crippen LogP contribution in [0.5, 0.6) is 11.5 Å². The molecule has 1 aromatic carbocycles. The first kappa shape index (κ1) is 51.3. The van der Waals surface area contributed by atoms with Crippen LogP contribution < -0.4 is 9.47 Å². The zero-order valence-electron chi connectivity index (χ0n) is 38.9. The maximum Gasteiger partial charge on any atom is 0.163 e. The first-order valence-corrected chi connectivity index (χ1v) is 22.5. The minimum Gasteiger partial charge on any atom is -0.487 e. The van der Waals surface area contributed by atoms with E-state index in [2.05, 4.69) is 47.7 Å². The van der Waals surface area contributed by atoms with Gasteiger partial charge in [-0.05, 0) is 97.9 Å². The molecule has 0 saturated heterocycles. The summed E-state index contributed by atoms with van der Waals surface area (Å²) in [6.45, 7) is 12.5. The van der Waals surface area contributed by atoms with Crippen molar-refractivity contribution in [3.63, 3.8) is 0 Å². The number of fused-ring (bicyclic) bond motifs is 7. The van der Waals surface area contributed by atoms with Gasteiger partial charge in [-0.1, -0.05) is 13.8 Å². The topological polar surface area (TPSA) is 200 Å². The molecule has 0 fully saturated rings. The number of hydrogen-bond donors (Lipinski definition) is 3. The van der Waals surface area contributed by atoms with Gasteiger partial charge in [0.25, 0.3) is 0 Å². The number of aryl methyl sites for hydroxylation is 2. The number of rotatable bonds is 30. The Labute approximate surface area is 381 Å². The Hall–Kier alpha value is -4.66. The van der Waals surface area contributed by atoms with Crippen LogP contribution in [0.25, 0.3) is 44.4 Å². The SMILES string of the molecule is CCC1=C(CC)c2cc3[nH]c(cnc4cc(OCCOCCOCCOOC)c(OCCOCCOCCOOC)cc4ncc4nc(cc1n2)C(CCCO)=C4C)c(C)c3CCCO. The molecule has 0 radical (unpaired) electrons. The fourth-order valence-electron chi connectivity index (χ4n) is 7.47. The number of hydrogen-bond acceptors (Lipinski definition) is 16. The van der Waals surface area contributed by atoms with Gasteiger partial charge in [0.15, 0.2) is 11.5 Å². The Balaban J connectivity index is 1.61. The van der Waals surface area contributed by atoms with Gasteiger partial charge in [0, 0.05) is 30.9 Å². The summed E-state index contributed by atoms with van der Waals surface area (Å²) >= 11 is 0. The van der Waals surface area contributed by atoms with Gasteiger partial charge < -0.3 is 43.6 Å². The normalized spacial score (nSPS) is 12.7. The van der Waals surface area contributed by atoms with Gasteiger partial charge in [-0.3, -0.25) is 9.97 Å². The number of allylic oxidation sites excluding steroid dienone is 4. The molecule has 4 heterocycles. The maximum absolute atomic E-state index is 9.87. The number of aromatic nitrogens is 5. The first-order chi connectivity index (χ1) is 31.9. The first-order valence-electron chi connectivity index (χ1n) is 22.5. The van der Waals surface area contributed by atoms with Crippen LogP contribution in [0.15, 0.2) is 36.7 Å². The molecule has 3 aromatic rings. The second-order valence-electron chi connectivity index (χ2n) is 15.0. The summed E-state index contributed by atoms with van der Waals surface area (Å²) in [6.07, 6.45) is 7.69. The second-order valence-corrected chi connectivity index (χ2v) is 15.0. The Kier molecular flexibility index (Phi) is 22.4.